The van der Waals surface area contributed by atoms with Crippen molar-refractivity contribution in [3.05, 3.63) is 23.9 Å². The van der Waals surface area contributed by atoms with E-state index < -0.39 is 0 Å². The van der Waals surface area contributed by atoms with Crippen molar-refractivity contribution in [2.45, 2.75) is 20.8 Å². The Labute approximate surface area is 72.7 Å². The van der Waals surface area contributed by atoms with Gasteiger partial charge >= 0.3 is 0 Å². The van der Waals surface area contributed by atoms with Gasteiger partial charge in [-0.2, -0.15) is 5.11 Å². The minimum Gasteiger partial charge on any atom is -0.295 e. The summed E-state index contributed by atoms with van der Waals surface area (Å²) in [7, 11) is 0. The Morgan fingerprint density at radius 3 is 2.33 bits per heavy atom. The van der Waals surface area contributed by atoms with Crippen LogP contribution in [0.2, 0.25) is 0 Å². The van der Waals surface area contributed by atoms with Gasteiger partial charge in [0.05, 0.1) is 5.70 Å². The van der Waals surface area contributed by atoms with E-state index in [1.54, 1.807) is 6.08 Å². The number of carbonyl (C=O) groups excluding carboxylic acids is 1. The lowest BCUT2D eigenvalue weighted by atomic mass is 10.1. The van der Waals surface area contributed by atoms with E-state index in [1.165, 1.54) is 6.92 Å². The second-order valence-electron chi connectivity index (χ2n) is 2.92. The number of rotatable bonds is 4. The maximum atomic E-state index is 10.8. The molecule has 0 amide bonds. The van der Waals surface area contributed by atoms with Gasteiger partial charge in [-0.1, -0.05) is 20.4 Å². The van der Waals surface area contributed by atoms with Gasteiger partial charge in [0, 0.05) is 5.57 Å². The summed E-state index contributed by atoms with van der Waals surface area (Å²) in [5.74, 6) is 0.0652. The molecule has 0 fully saturated rings. The number of hydrogen-bond acceptors (Lipinski definition) is 3. The third kappa shape index (κ3) is 3.23. The SMILES string of the molecule is C=C(/C=C(\N=N)C(C)C)C(C)=O. The Morgan fingerprint density at radius 1 is 1.58 bits per heavy atom. The van der Waals surface area contributed by atoms with Crippen LogP contribution in [0.3, 0.4) is 0 Å². The summed E-state index contributed by atoms with van der Waals surface area (Å²) < 4.78 is 0. The molecule has 0 spiro atoms. The summed E-state index contributed by atoms with van der Waals surface area (Å²) in [6.45, 7) is 8.83. The molecule has 0 aliphatic rings. The molecule has 0 aromatic carbocycles. The van der Waals surface area contributed by atoms with Crippen molar-refractivity contribution in [3.8, 4) is 0 Å². The first kappa shape index (κ1) is 10.8. The van der Waals surface area contributed by atoms with Crippen molar-refractivity contribution >= 4 is 5.78 Å². The van der Waals surface area contributed by atoms with Crippen LogP contribution in [0, 0.1) is 11.4 Å². The number of hydrogen-bond donors (Lipinski definition) is 1. The van der Waals surface area contributed by atoms with Crippen LogP contribution in [-0.4, -0.2) is 5.78 Å². The van der Waals surface area contributed by atoms with Crippen LogP contribution in [0.5, 0.6) is 0 Å². The van der Waals surface area contributed by atoms with E-state index in [2.05, 4.69) is 11.7 Å². The Hall–Kier alpha value is -1.25. The van der Waals surface area contributed by atoms with Gasteiger partial charge in [-0.05, 0) is 18.9 Å². The summed E-state index contributed by atoms with van der Waals surface area (Å²) in [4.78, 5) is 10.8. The monoisotopic (exact) mass is 166 g/mol. The van der Waals surface area contributed by atoms with E-state index in [0.717, 1.165) is 0 Å². The third-order valence-corrected chi connectivity index (χ3v) is 1.49. The topological polar surface area (TPSA) is 53.3 Å². The van der Waals surface area contributed by atoms with Crippen molar-refractivity contribution in [1.82, 2.24) is 0 Å². The molecule has 0 aliphatic heterocycles. The van der Waals surface area contributed by atoms with Crippen molar-refractivity contribution < 1.29 is 4.79 Å². The highest BCUT2D eigenvalue weighted by atomic mass is 16.1. The van der Waals surface area contributed by atoms with Crippen molar-refractivity contribution in [1.29, 1.82) is 5.53 Å². The summed E-state index contributed by atoms with van der Waals surface area (Å²) in [6, 6.07) is 0. The van der Waals surface area contributed by atoms with E-state index in [4.69, 9.17) is 5.53 Å². The highest BCUT2D eigenvalue weighted by Crippen LogP contribution is 2.13. The maximum absolute atomic E-state index is 10.8. The molecule has 0 rings (SSSR count). The number of carbonyl (C=O) groups is 1. The zero-order chi connectivity index (χ0) is 9.72. The van der Waals surface area contributed by atoms with Crippen LogP contribution in [0.4, 0.5) is 0 Å². The van der Waals surface area contributed by atoms with E-state index in [9.17, 15) is 4.79 Å². The van der Waals surface area contributed by atoms with Gasteiger partial charge in [0.2, 0.25) is 0 Å². The summed E-state index contributed by atoms with van der Waals surface area (Å²) in [5.41, 5.74) is 7.81. The van der Waals surface area contributed by atoms with Crippen molar-refractivity contribution in [2.24, 2.45) is 11.0 Å². The predicted octanol–water partition coefficient (Wildman–Crippen LogP) is 2.70. The molecule has 0 saturated heterocycles. The molecule has 0 heterocycles. The molecule has 0 aromatic heterocycles. The summed E-state index contributed by atoms with van der Waals surface area (Å²) >= 11 is 0. The summed E-state index contributed by atoms with van der Waals surface area (Å²) in [6.07, 6.45) is 1.56. The highest BCUT2D eigenvalue weighted by molar-refractivity contribution is 5.95. The van der Waals surface area contributed by atoms with Gasteiger partial charge in [0.1, 0.15) is 0 Å². The van der Waals surface area contributed by atoms with Gasteiger partial charge in [0.15, 0.2) is 5.78 Å². The molecule has 12 heavy (non-hydrogen) atoms. The van der Waals surface area contributed by atoms with Crippen LogP contribution in [0.15, 0.2) is 29.0 Å². The average Bonchev–Trinajstić information content (AvgIpc) is 1.98. The normalized spacial score (nSPS) is 11.5. The predicted molar refractivity (Wildman–Crippen MR) is 47.9 cm³/mol. The lowest BCUT2D eigenvalue weighted by Crippen LogP contribution is -1.96. The minimum atomic E-state index is -0.0863. The van der Waals surface area contributed by atoms with Gasteiger partial charge in [-0.25, -0.2) is 5.53 Å². The molecular weight excluding hydrogens is 152 g/mol. The van der Waals surface area contributed by atoms with Gasteiger partial charge in [-0.15, -0.1) is 0 Å². The molecule has 0 atom stereocenters. The zero-order valence-corrected chi connectivity index (χ0v) is 7.72. The van der Waals surface area contributed by atoms with Gasteiger partial charge in [0.25, 0.3) is 0 Å². The Kier molecular flexibility index (Phi) is 4.11. The van der Waals surface area contributed by atoms with Gasteiger partial charge in [-0.3, -0.25) is 4.79 Å². The van der Waals surface area contributed by atoms with E-state index in [1.807, 2.05) is 13.8 Å². The van der Waals surface area contributed by atoms with Crippen LogP contribution in [0.25, 0.3) is 0 Å². The van der Waals surface area contributed by atoms with Crippen LogP contribution in [-0.2, 0) is 4.79 Å². The molecule has 0 radical (unpaired) electrons. The smallest absolute Gasteiger partial charge is 0.159 e. The number of Topliss-reactive ketones (excluding diaryl/α,β-unsaturated/α-hetero) is 1. The first-order valence-corrected chi connectivity index (χ1v) is 3.78. The highest BCUT2D eigenvalue weighted by Gasteiger charge is 2.03. The number of allylic oxidation sites excluding steroid dienone is 3. The first-order valence-electron chi connectivity index (χ1n) is 3.78. The quantitative estimate of drug-likeness (QED) is 0.389. The fraction of sp³-hybridized carbons (Fsp3) is 0.444. The number of ketones is 1. The first-order chi connectivity index (χ1) is 5.49. The largest absolute Gasteiger partial charge is 0.295 e. The molecular formula is C9H14N2O. The fourth-order valence-corrected chi connectivity index (χ4v) is 0.608. The third-order valence-electron chi connectivity index (χ3n) is 1.49. The minimum absolute atomic E-state index is 0.0863. The Bertz CT molecular complexity index is 239. The maximum Gasteiger partial charge on any atom is 0.159 e. The molecule has 0 unspecified atom stereocenters. The zero-order valence-electron chi connectivity index (χ0n) is 7.72. The lowest BCUT2D eigenvalue weighted by Gasteiger charge is -2.03. The molecule has 1 N–H and O–H groups in total. The van der Waals surface area contributed by atoms with Crippen LogP contribution in [0.1, 0.15) is 20.8 Å². The molecule has 0 bridgehead atoms. The van der Waals surface area contributed by atoms with E-state index >= 15 is 0 Å². The van der Waals surface area contributed by atoms with Crippen molar-refractivity contribution in [3.63, 3.8) is 0 Å². The number of nitrogens with one attached hydrogen (secondary N) is 1. The van der Waals surface area contributed by atoms with Crippen LogP contribution < -0.4 is 0 Å². The molecule has 0 aromatic rings. The standard InChI is InChI=1S/C9H14N2O/c1-6(2)9(11-10)5-7(3)8(4)12/h5-6,10H,3H2,1-2,4H3/b9-5-,11-10?. The molecule has 0 saturated carbocycles. The summed E-state index contributed by atoms with van der Waals surface area (Å²) in [5, 5.41) is 3.31. The van der Waals surface area contributed by atoms with Gasteiger partial charge < -0.3 is 0 Å². The Balaban J connectivity index is 4.60. The van der Waals surface area contributed by atoms with Crippen LogP contribution >= 0.6 is 0 Å². The average molecular weight is 166 g/mol. The Morgan fingerprint density at radius 2 is 2.08 bits per heavy atom. The van der Waals surface area contributed by atoms with Crippen molar-refractivity contribution in [2.75, 3.05) is 0 Å². The lowest BCUT2D eigenvalue weighted by molar-refractivity contribution is -0.113. The second kappa shape index (κ2) is 4.59. The second-order valence-corrected chi connectivity index (χ2v) is 2.92. The fourth-order valence-electron chi connectivity index (χ4n) is 0.608. The van der Waals surface area contributed by atoms with E-state index in [0.29, 0.717) is 11.3 Å². The molecule has 0 aliphatic carbocycles. The molecule has 3 nitrogen and oxygen atoms in total. The molecule has 66 valence electrons. The number of nitrogens with zero attached hydrogens (tertiary/aromatic N) is 1. The van der Waals surface area contributed by atoms with E-state index in [-0.39, 0.29) is 11.7 Å². The molecule has 3 heteroatoms.